The van der Waals surface area contributed by atoms with Crippen molar-refractivity contribution in [2.75, 3.05) is 39.6 Å². The Balaban J connectivity index is 5.17. The molecule has 0 aromatic rings. The van der Waals surface area contributed by atoms with Gasteiger partial charge in [0.25, 0.3) is 0 Å². The molecule has 8 atom stereocenters. The highest BCUT2D eigenvalue weighted by atomic mass is 31.2. The van der Waals surface area contributed by atoms with Gasteiger partial charge in [0.2, 0.25) is 0 Å². The van der Waals surface area contributed by atoms with Crippen LogP contribution in [0.5, 0.6) is 0 Å². The molecule has 3 N–H and O–H groups in total. The number of unbranched alkanes of at least 4 members (excludes halogenated alkanes) is 38. The molecule has 0 aromatic heterocycles. The van der Waals surface area contributed by atoms with E-state index < -0.39 is 97.5 Å². The number of hydrogen-bond donors (Lipinski definition) is 3. The quantitative estimate of drug-likeness (QED) is 0.0222. The van der Waals surface area contributed by atoms with Gasteiger partial charge in [0.1, 0.15) is 19.3 Å². The van der Waals surface area contributed by atoms with Crippen molar-refractivity contribution in [3.05, 3.63) is 0 Å². The summed E-state index contributed by atoms with van der Waals surface area (Å²) >= 11 is 0. The highest BCUT2D eigenvalue weighted by Crippen LogP contribution is 2.45. The molecule has 0 aliphatic rings. The first-order chi connectivity index (χ1) is 46.7. The van der Waals surface area contributed by atoms with Crippen molar-refractivity contribution in [1.82, 2.24) is 0 Å². The van der Waals surface area contributed by atoms with E-state index in [9.17, 15) is 43.2 Å². The zero-order chi connectivity index (χ0) is 71.7. The summed E-state index contributed by atoms with van der Waals surface area (Å²) in [5.41, 5.74) is 0. The van der Waals surface area contributed by atoms with Crippen molar-refractivity contribution in [2.24, 2.45) is 23.7 Å². The van der Waals surface area contributed by atoms with Crippen LogP contribution >= 0.6 is 15.6 Å². The number of rotatable bonds is 75. The van der Waals surface area contributed by atoms with Crippen LogP contribution in [-0.4, -0.2) is 96.7 Å². The van der Waals surface area contributed by atoms with E-state index in [1.807, 2.05) is 0 Å². The zero-order valence-electron chi connectivity index (χ0n) is 63.7. The average molecular weight is 1420 g/mol. The van der Waals surface area contributed by atoms with Crippen molar-refractivity contribution in [3.63, 3.8) is 0 Å². The zero-order valence-corrected chi connectivity index (χ0v) is 65.5. The maximum Gasteiger partial charge on any atom is 0.472 e. The molecule has 0 aliphatic heterocycles. The molecule has 19 heteroatoms. The summed E-state index contributed by atoms with van der Waals surface area (Å²) in [6, 6.07) is 0. The fourth-order valence-electron chi connectivity index (χ4n) is 11.8. The van der Waals surface area contributed by atoms with Crippen molar-refractivity contribution < 1.29 is 80.2 Å². The van der Waals surface area contributed by atoms with Crippen LogP contribution in [0.1, 0.15) is 396 Å². The van der Waals surface area contributed by atoms with Gasteiger partial charge in [0, 0.05) is 25.7 Å². The van der Waals surface area contributed by atoms with Crippen molar-refractivity contribution in [3.8, 4) is 0 Å². The third-order valence-corrected chi connectivity index (χ3v) is 21.1. The molecule has 0 bridgehead atoms. The molecule has 0 saturated carbocycles. The lowest BCUT2D eigenvalue weighted by molar-refractivity contribution is -0.161. The Labute approximate surface area is 594 Å². The van der Waals surface area contributed by atoms with E-state index in [0.29, 0.717) is 25.7 Å². The maximum atomic E-state index is 13.1. The summed E-state index contributed by atoms with van der Waals surface area (Å²) in [6.45, 7) is 14.2. The molecule has 0 rings (SSSR count). The molecular weight excluding hydrogens is 1270 g/mol. The van der Waals surface area contributed by atoms with Crippen molar-refractivity contribution in [2.45, 2.75) is 414 Å². The summed E-state index contributed by atoms with van der Waals surface area (Å²) < 4.78 is 68.5. The van der Waals surface area contributed by atoms with Crippen LogP contribution in [0.25, 0.3) is 0 Å². The van der Waals surface area contributed by atoms with Crippen LogP contribution in [0.15, 0.2) is 0 Å². The normalized spacial score (nSPS) is 14.9. The molecule has 0 fully saturated rings. The second-order valence-electron chi connectivity index (χ2n) is 29.3. The third kappa shape index (κ3) is 68.3. The van der Waals surface area contributed by atoms with Gasteiger partial charge in [-0.3, -0.25) is 37.3 Å². The van der Waals surface area contributed by atoms with Crippen LogP contribution in [-0.2, 0) is 65.4 Å². The molecule has 576 valence electrons. The first kappa shape index (κ1) is 95.1. The molecule has 0 heterocycles. The number of esters is 4. The topological polar surface area (TPSA) is 237 Å². The SMILES string of the molecule is CCC(C)CCCCCCCCCCCCCCCCCCCCC(=O)OC[C@H](COP(=O)(O)OC[C@@H](O)COP(=O)(O)OC[C@@H](COC(=O)CCCCCCCCC(C)CC)OC(=O)CCCCCCCCCCCCC(C)C)OC(=O)CCCCCCCCCCC(C)CC. The van der Waals surface area contributed by atoms with E-state index in [0.717, 1.165) is 120 Å². The number of phosphoric acid groups is 2. The van der Waals surface area contributed by atoms with Crippen LogP contribution in [0.3, 0.4) is 0 Å². The molecule has 0 saturated heterocycles. The number of phosphoric ester groups is 2. The molecular formula is C78H152O17P2. The second kappa shape index (κ2) is 67.2. The van der Waals surface area contributed by atoms with E-state index in [4.69, 9.17) is 37.0 Å². The Hall–Kier alpha value is -1.94. The van der Waals surface area contributed by atoms with Gasteiger partial charge < -0.3 is 33.8 Å². The van der Waals surface area contributed by atoms with Gasteiger partial charge in [0.15, 0.2) is 12.2 Å². The lowest BCUT2D eigenvalue weighted by atomic mass is 9.99. The fraction of sp³-hybridized carbons (Fsp3) is 0.949. The van der Waals surface area contributed by atoms with E-state index in [-0.39, 0.29) is 25.7 Å². The van der Waals surface area contributed by atoms with Gasteiger partial charge in [-0.2, -0.15) is 0 Å². The van der Waals surface area contributed by atoms with Gasteiger partial charge >= 0.3 is 39.5 Å². The van der Waals surface area contributed by atoms with Crippen LogP contribution in [0.4, 0.5) is 0 Å². The number of aliphatic hydroxyl groups excluding tert-OH is 1. The average Bonchev–Trinajstić information content (AvgIpc) is 1.04. The molecule has 0 aromatic carbocycles. The van der Waals surface area contributed by atoms with Crippen LogP contribution < -0.4 is 0 Å². The minimum Gasteiger partial charge on any atom is -0.462 e. The summed E-state index contributed by atoms with van der Waals surface area (Å²) in [5.74, 6) is 1.00. The van der Waals surface area contributed by atoms with Gasteiger partial charge in [-0.05, 0) is 49.4 Å². The molecule has 97 heavy (non-hydrogen) atoms. The van der Waals surface area contributed by atoms with Crippen molar-refractivity contribution >= 4 is 39.5 Å². The fourth-order valence-corrected chi connectivity index (χ4v) is 13.4. The van der Waals surface area contributed by atoms with E-state index >= 15 is 0 Å². The Bertz CT molecular complexity index is 1910. The number of ether oxygens (including phenoxy) is 4. The standard InChI is InChI=1S/C78H152O17P2/c1-9-69(6)55-47-39-31-25-20-18-16-14-12-13-15-17-19-21-26-33-42-50-58-75(80)88-64-73(95-78(83)61-53-45-35-29-28-32-40-48-56-70(7)10-2)66-92-96(84,85)90-62-72(79)63-91-97(86,87)93-67-74(65-89-76(81)59-51-43-37-36-41-49-57-71(8)11-3)94-77(82)60-52-44-34-27-23-22-24-30-38-46-54-68(4)5/h68-74,79H,9-67H2,1-8H3,(H,84,85)(H,86,87)/t69?,70?,71?,72-,73-,74-/m1/s1. The lowest BCUT2D eigenvalue weighted by Crippen LogP contribution is -2.30. The molecule has 17 nitrogen and oxygen atoms in total. The van der Waals surface area contributed by atoms with E-state index in [1.165, 1.54) is 193 Å². The van der Waals surface area contributed by atoms with Gasteiger partial charge in [-0.15, -0.1) is 0 Å². The van der Waals surface area contributed by atoms with Crippen LogP contribution in [0.2, 0.25) is 0 Å². The first-order valence-electron chi connectivity index (χ1n) is 40.3. The molecule has 0 amide bonds. The summed E-state index contributed by atoms with van der Waals surface area (Å²) in [7, 11) is -9.91. The largest absolute Gasteiger partial charge is 0.472 e. The van der Waals surface area contributed by atoms with Gasteiger partial charge in [-0.1, -0.05) is 344 Å². The molecule has 5 unspecified atom stereocenters. The number of carbonyl (C=O) groups is 4. The minimum atomic E-state index is -4.96. The lowest BCUT2D eigenvalue weighted by Gasteiger charge is -2.21. The number of carbonyl (C=O) groups excluding carboxylic acids is 4. The Morgan fingerprint density at radius 3 is 0.732 bits per heavy atom. The Kier molecular flexibility index (Phi) is 65.9. The summed E-state index contributed by atoms with van der Waals surface area (Å²) in [5, 5.41) is 10.6. The minimum absolute atomic E-state index is 0.105. The van der Waals surface area contributed by atoms with E-state index in [2.05, 4.69) is 55.4 Å². The molecule has 0 radical (unpaired) electrons. The summed E-state index contributed by atoms with van der Waals surface area (Å²) in [6.07, 6.45) is 52.8. The Morgan fingerprint density at radius 2 is 0.495 bits per heavy atom. The third-order valence-electron chi connectivity index (χ3n) is 19.2. The number of hydrogen-bond acceptors (Lipinski definition) is 15. The van der Waals surface area contributed by atoms with Gasteiger partial charge in [0.05, 0.1) is 26.4 Å². The summed E-state index contributed by atoms with van der Waals surface area (Å²) in [4.78, 5) is 72.8. The predicted octanol–water partition coefficient (Wildman–Crippen LogP) is 22.8. The van der Waals surface area contributed by atoms with E-state index in [1.54, 1.807) is 0 Å². The van der Waals surface area contributed by atoms with Crippen LogP contribution in [0, 0.1) is 23.7 Å². The smallest absolute Gasteiger partial charge is 0.462 e. The Morgan fingerprint density at radius 1 is 0.289 bits per heavy atom. The highest BCUT2D eigenvalue weighted by Gasteiger charge is 2.30. The molecule has 0 aliphatic carbocycles. The maximum absolute atomic E-state index is 13.1. The second-order valence-corrected chi connectivity index (χ2v) is 32.2. The molecule has 0 spiro atoms. The predicted molar refractivity (Wildman–Crippen MR) is 395 cm³/mol. The number of aliphatic hydroxyl groups is 1. The van der Waals surface area contributed by atoms with Crippen molar-refractivity contribution in [1.29, 1.82) is 0 Å². The monoisotopic (exact) mass is 1420 g/mol. The highest BCUT2D eigenvalue weighted by molar-refractivity contribution is 7.47. The first-order valence-corrected chi connectivity index (χ1v) is 43.3. The van der Waals surface area contributed by atoms with Gasteiger partial charge in [-0.25, -0.2) is 9.13 Å².